The maximum absolute atomic E-state index is 14.6. The fourth-order valence-corrected chi connectivity index (χ4v) is 10.3. The van der Waals surface area contributed by atoms with Crippen molar-refractivity contribution >= 4 is 11.8 Å². The molecule has 4 aromatic rings. The Hall–Kier alpha value is -5.55. The summed E-state index contributed by atoms with van der Waals surface area (Å²) in [4.78, 5) is 33.3. The van der Waals surface area contributed by atoms with Crippen molar-refractivity contribution in [2.45, 2.75) is 131 Å². The highest BCUT2D eigenvalue weighted by molar-refractivity contribution is 6.21. The second kappa shape index (κ2) is 19.2. The molecule has 70 heavy (non-hydrogen) atoms. The van der Waals surface area contributed by atoms with Crippen molar-refractivity contribution in [3.8, 4) is 11.5 Å². The number of nitrogens with zero attached hydrogens (tertiary/aromatic N) is 4. The first-order valence-electron chi connectivity index (χ1n) is 23.3. The predicted molar refractivity (Wildman–Crippen MR) is 239 cm³/mol. The van der Waals surface area contributed by atoms with Gasteiger partial charge in [0.1, 0.15) is 72.4 Å². The quantitative estimate of drug-likeness (QED) is 0.0848. The maximum atomic E-state index is 14.6. The third-order valence-electron chi connectivity index (χ3n) is 13.6. The number of fused-ring (bicyclic) bond motifs is 4. The van der Waals surface area contributed by atoms with Gasteiger partial charge in [-0.25, -0.2) is 0 Å². The van der Waals surface area contributed by atoms with E-state index in [-0.39, 0.29) is 24.3 Å². The van der Waals surface area contributed by atoms with Gasteiger partial charge in [0.25, 0.3) is 11.8 Å². The number of benzene rings is 4. The van der Waals surface area contributed by atoms with Crippen molar-refractivity contribution in [1.29, 1.82) is 0 Å². The van der Waals surface area contributed by atoms with E-state index in [1.165, 1.54) is 0 Å². The lowest BCUT2D eigenvalue weighted by atomic mass is 9.93. The topological polar surface area (TPSA) is 226 Å². The molecule has 0 bridgehead atoms. The second-order valence-corrected chi connectivity index (χ2v) is 18.4. The molecule has 2 amide bonds. The van der Waals surface area contributed by atoms with Crippen molar-refractivity contribution in [1.82, 2.24) is 4.90 Å². The molecule has 7 aliphatic heterocycles. The van der Waals surface area contributed by atoms with Gasteiger partial charge in [-0.05, 0) is 62.7 Å². The Labute approximate surface area is 402 Å². The van der Waals surface area contributed by atoms with Crippen molar-refractivity contribution in [2.24, 2.45) is 5.11 Å². The molecule has 1 N–H and O–H groups in total. The molecule has 7 aliphatic rings. The highest BCUT2D eigenvalue weighted by Crippen LogP contribution is 2.45. The van der Waals surface area contributed by atoms with E-state index in [4.69, 9.17) is 61.6 Å². The van der Waals surface area contributed by atoms with Crippen LogP contribution >= 0.6 is 0 Å². The highest BCUT2D eigenvalue weighted by atomic mass is 16.8. The number of carbonyl (C=O) groups excluding carboxylic acids is 2. The summed E-state index contributed by atoms with van der Waals surface area (Å²) in [7, 11) is 1.55. The number of hydrogen-bond donors (Lipinski definition) is 1. The normalized spacial score (nSPS) is 37.6. The molecule has 11 rings (SSSR count). The number of imide groups is 1. The number of aliphatic hydroxyl groups is 1. The molecule has 0 aromatic heterocycles. The zero-order chi connectivity index (χ0) is 48.3. The highest BCUT2D eigenvalue weighted by Gasteiger charge is 2.62. The van der Waals surface area contributed by atoms with Gasteiger partial charge >= 0.3 is 0 Å². The first-order valence-corrected chi connectivity index (χ1v) is 23.3. The van der Waals surface area contributed by atoms with Gasteiger partial charge < -0.3 is 66.7 Å². The minimum atomic E-state index is -1.36. The Morgan fingerprint density at radius 2 is 1.20 bits per heavy atom. The zero-order valence-corrected chi connectivity index (χ0v) is 38.5. The number of amides is 2. The zero-order valence-electron chi connectivity index (χ0n) is 38.5. The molecule has 368 valence electrons. The smallest absolute Gasteiger partial charge is 0.262 e. The summed E-state index contributed by atoms with van der Waals surface area (Å²) in [5.41, 5.74) is 11.6. The van der Waals surface area contributed by atoms with Crippen LogP contribution < -0.4 is 9.47 Å². The van der Waals surface area contributed by atoms with Crippen LogP contribution in [0.1, 0.15) is 65.2 Å². The van der Waals surface area contributed by atoms with Gasteiger partial charge in [0, 0.05) is 16.0 Å². The average molecular weight is 965 g/mol. The first kappa shape index (κ1) is 46.8. The Balaban J connectivity index is 0.919. The van der Waals surface area contributed by atoms with Crippen LogP contribution in [0.4, 0.5) is 0 Å². The van der Waals surface area contributed by atoms with Gasteiger partial charge in [-0.2, -0.15) is 0 Å². The molecule has 17 atom stereocenters. The van der Waals surface area contributed by atoms with Gasteiger partial charge in [-0.3, -0.25) is 14.5 Å². The summed E-state index contributed by atoms with van der Waals surface area (Å²) in [6, 6.07) is 29.4. The van der Waals surface area contributed by atoms with Crippen LogP contribution in [0, 0.1) is 0 Å². The number of ether oxygens (including phenoxy) is 13. The van der Waals surface area contributed by atoms with Crippen LogP contribution in [-0.2, 0) is 52.1 Å². The molecule has 20 heteroatoms. The lowest BCUT2D eigenvalue weighted by molar-refractivity contribution is -0.380. The minimum Gasteiger partial charge on any atom is -0.497 e. The Morgan fingerprint density at radius 1 is 0.657 bits per heavy atom. The number of rotatable bonds is 11. The molecule has 0 radical (unpaired) electrons. The van der Waals surface area contributed by atoms with Gasteiger partial charge in [0.15, 0.2) is 30.9 Å². The lowest BCUT2D eigenvalue weighted by Gasteiger charge is -2.52. The van der Waals surface area contributed by atoms with Crippen molar-refractivity contribution in [3.63, 3.8) is 0 Å². The average Bonchev–Trinajstić information content (AvgIpc) is 3.84. The molecule has 6 fully saturated rings. The van der Waals surface area contributed by atoms with Gasteiger partial charge in [0.05, 0.1) is 43.7 Å². The first-order chi connectivity index (χ1) is 34.0. The SMILES string of the molecule is COc1ccc(O[C@@H]2O[C@@H]3CO[C@@H](c4ccccc4)O[C@H]3[C@H](O[C@@H]3O[C@@H](C)[C@H](O[C@H]4O[C@@H]5CO[C@@H](c6ccccc6)O[C@H]5[C@H](O)[C@H]4N=[N+]=[N-])[C@H]4OC(C)(C)O[C@@H]34)[C@H]2N2C(=O)c3ccccc3C2=O)cc1. The van der Waals surface area contributed by atoms with Crippen LogP contribution in [0.3, 0.4) is 0 Å². The van der Waals surface area contributed by atoms with E-state index in [9.17, 15) is 20.2 Å². The molecular formula is C50H52N4O16. The fourth-order valence-electron chi connectivity index (χ4n) is 10.3. The Morgan fingerprint density at radius 3 is 1.81 bits per heavy atom. The third-order valence-corrected chi connectivity index (χ3v) is 13.6. The van der Waals surface area contributed by atoms with Crippen LogP contribution in [-0.4, -0.2) is 140 Å². The molecule has 20 nitrogen and oxygen atoms in total. The van der Waals surface area contributed by atoms with Crippen LogP contribution in [0.5, 0.6) is 11.5 Å². The number of aliphatic hydroxyl groups excluding tert-OH is 1. The Bertz CT molecular complexity index is 2540. The van der Waals surface area contributed by atoms with Gasteiger partial charge in [0.2, 0.25) is 6.29 Å². The molecule has 4 aromatic carbocycles. The van der Waals surface area contributed by atoms with E-state index >= 15 is 0 Å². The number of carbonyl (C=O) groups is 2. The second-order valence-electron chi connectivity index (χ2n) is 18.4. The molecule has 6 saturated heterocycles. The lowest BCUT2D eigenvalue weighted by Crippen LogP contribution is -2.70. The monoisotopic (exact) mass is 964 g/mol. The Kier molecular flexibility index (Phi) is 12.9. The molecule has 0 saturated carbocycles. The summed E-state index contributed by atoms with van der Waals surface area (Å²) in [5, 5.41) is 15.7. The summed E-state index contributed by atoms with van der Waals surface area (Å²) in [5.74, 6) is -1.46. The molecular weight excluding hydrogens is 913 g/mol. The van der Waals surface area contributed by atoms with Crippen LogP contribution in [0.25, 0.3) is 10.4 Å². The summed E-state index contributed by atoms with van der Waals surface area (Å²) >= 11 is 0. The van der Waals surface area contributed by atoms with Crippen molar-refractivity contribution in [2.75, 3.05) is 20.3 Å². The molecule has 0 unspecified atom stereocenters. The van der Waals surface area contributed by atoms with E-state index in [0.29, 0.717) is 17.1 Å². The van der Waals surface area contributed by atoms with Crippen LogP contribution in [0.15, 0.2) is 114 Å². The summed E-state index contributed by atoms with van der Waals surface area (Å²) in [6.07, 6.45) is -15.5. The van der Waals surface area contributed by atoms with E-state index in [0.717, 1.165) is 10.5 Å². The largest absolute Gasteiger partial charge is 0.497 e. The molecule has 7 heterocycles. The summed E-state index contributed by atoms with van der Waals surface area (Å²) < 4.78 is 84.0. The maximum Gasteiger partial charge on any atom is 0.262 e. The van der Waals surface area contributed by atoms with E-state index in [1.54, 1.807) is 76.4 Å². The standard InChI is InChI=1S/C50H52N4O16/c1-25-37(65-47-34(52-53-51)36(55)38-32(63-47)23-59-45(66-38)26-13-7-5-8-14-26)41-42(70-50(2,3)69-41)49(61-25)68-40-35(54-43(56)30-17-11-12-18-31(30)44(54)57)48(62-29-21-19-28(58-4)20-22-29)64-33-24-60-46(67-39(33)40)27-15-9-6-10-16-27/h5-22,25,32-42,45-49,55H,23-24H2,1-4H3/t25-,32+,33+,34+,35+,36+,37-,38+,39+,40+,41+,42+,45+,46+,47+,48+,49-/m0/s1. The van der Waals surface area contributed by atoms with Gasteiger partial charge in [-0.15, -0.1) is 0 Å². The number of hydrogen-bond acceptors (Lipinski definition) is 17. The van der Waals surface area contributed by atoms with Crippen molar-refractivity contribution < 1.29 is 76.3 Å². The predicted octanol–water partition coefficient (Wildman–Crippen LogP) is 5.49. The van der Waals surface area contributed by atoms with Crippen molar-refractivity contribution in [3.05, 3.63) is 142 Å². The third kappa shape index (κ3) is 8.72. The van der Waals surface area contributed by atoms with E-state index < -0.39 is 122 Å². The van der Waals surface area contributed by atoms with Crippen LogP contribution in [0.2, 0.25) is 0 Å². The van der Waals surface area contributed by atoms with E-state index in [1.807, 2.05) is 60.7 Å². The number of methoxy groups -OCH3 is 1. The summed E-state index contributed by atoms with van der Waals surface area (Å²) in [6.45, 7) is 5.26. The van der Waals surface area contributed by atoms with Gasteiger partial charge in [-0.1, -0.05) is 77.9 Å². The van der Waals surface area contributed by atoms with E-state index in [2.05, 4.69) is 10.0 Å². The molecule has 0 spiro atoms. The number of azide groups is 1. The minimum absolute atomic E-state index is 0.0162. The molecule has 0 aliphatic carbocycles. The fraction of sp³-hybridized carbons (Fsp3) is 0.480.